The van der Waals surface area contributed by atoms with E-state index in [4.69, 9.17) is 10.7 Å². The van der Waals surface area contributed by atoms with E-state index in [9.17, 15) is 25.3 Å². The molecule has 0 aliphatic carbocycles. The molecule has 3 aromatic carbocycles. The Balaban J connectivity index is 2.49. The fraction of sp³-hybridized carbons (Fsp3) is 0. The number of benzene rings is 3. The molecule has 0 bridgehead atoms. The highest BCUT2D eigenvalue weighted by Gasteiger charge is 2.37. The van der Waals surface area contributed by atoms with Crippen LogP contribution >= 0.6 is 58.5 Å². The summed E-state index contributed by atoms with van der Waals surface area (Å²) in [7, 11) is -8.23. The number of hydrogen-bond acceptors (Lipinski definition) is 6. The van der Waals surface area contributed by atoms with E-state index in [1.54, 1.807) is 0 Å². The summed E-state index contributed by atoms with van der Waals surface area (Å²) in [5, 5.41) is 0. The summed E-state index contributed by atoms with van der Waals surface area (Å²) in [6.07, 6.45) is 0. The topological polar surface area (TPSA) is 102 Å². The molecule has 0 amide bonds. The third-order valence-corrected chi connectivity index (χ3v) is 11.4. The van der Waals surface area contributed by atoms with Crippen molar-refractivity contribution in [3.05, 3.63) is 74.1 Å². The first-order valence-electron chi connectivity index (χ1n) is 8.05. The van der Waals surface area contributed by atoms with Gasteiger partial charge in [-0.05, 0) is 76.6 Å². The molecule has 0 radical (unpaired) electrons. The van der Waals surface area contributed by atoms with Crippen molar-refractivity contribution in [2.75, 3.05) is 0 Å². The molecule has 0 aliphatic heterocycles. The Morgan fingerprint density at radius 2 is 0.935 bits per heavy atom. The molecule has 0 N–H and O–H groups in total. The van der Waals surface area contributed by atoms with Crippen molar-refractivity contribution in [2.24, 2.45) is 0 Å². The maximum atomic E-state index is 13.5. The lowest BCUT2D eigenvalue weighted by Gasteiger charge is -2.16. The van der Waals surface area contributed by atoms with E-state index in [0.29, 0.717) is 8.95 Å². The zero-order valence-corrected chi connectivity index (χ0v) is 22.9. The summed E-state index contributed by atoms with van der Waals surface area (Å²) >= 11 is 9.47. The molecule has 0 heterocycles. The van der Waals surface area contributed by atoms with E-state index < -0.39 is 43.4 Å². The van der Waals surface area contributed by atoms with Crippen LogP contribution < -0.4 is 0 Å². The van der Waals surface area contributed by atoms with Gasteiger partial charge >= 0.3 is 0 Å². The molecule has 0 aromatic heterocycles. The maximum absolute atomic E-state index is 13.5. The van der Waals surface area contributed by atoms with Gasteiger partial charge in [0.25, 0.3) is 9.05 Å². The Labute approximate surface area is 209 Å². The van der Waals surface area contributed by atoms with Crippen LogP contribution in [0.15, 0.2) is 98.6 Å². The van der Waals surface area contributed by atoms with Gasteiger partial charge in [0, 0.05) is 24.1 Å². The molecule has 0 saturated carbocycles. The minimum atomic E-state index is -4.63. The molecule has 3 aromatic rings. The average molecular weight is 694 g/mol. The van der Waals surface area contributed by atoms with E-state index in [0.717, 1.165) is 12.1 Å². The minimum absolute atomic E-state index is 0.129. The normalized spacial score (nSPS) is 12.6. The summed E-state index contributed by atoms with van der Waals surface area (Å²) < 4.78 is 79.4. The Morgan fingerprint density at radius 1 is 0.548 bits per heavy atom. The van der Waals surface area contributed by atoms with E-state index in [-0.39, 0.29) is 14.3 Å². The summed E-state index contributed by atoms with van der Waals surface area (Å²) in [6.45, 7) is 0. The van der Waals surface area contributed by atoms with Crippen LogP contribution in [0.1, 0.15) is 0 Å². The Bertz CT molecular complexity index is 1480. The lowest BCUT2D eigenvalue weighted by Crippen LogP contribution is -2.15. The lowest BCUT2D eigenvalue weighted by molar-refractivity contribution is 0.575. The summed E-state index contributed by atoms with van der Waals surface area (Å²) in [5.74, 6) is 0. The fourth-order valence-corrected chi connectivity index (χ4v) is 9.59. The first-order chi connectivity index (χ1) is 14.3. The van der Waals surface area contributed by atoms with Crippen LogP contribution in [0.4, 0.5) is 0 Å². The molecule has 0 fully saturated rings. The molecule has 13 heteroatoms. The standard InChI is InChI=1S/C18H10Br3ClO6S3/c19-11-1-5-13(6-2-11)29(23,24)17-15(21)9-10-16(31(22,27)28)18(17)30(25,26)14-7-3-12(20)4-8-14/h1-10H. The molecule has 164 valence electrons. The van der Waals surface area contributed by atoms with Gasteiger partial charge in [0.05, 0.1) is 9.79 Å². The summed E-state index contributed by atoms with van der Waals surface area (Å²) in [5.41, 5.74) is 0. The number of sulfone groups is 2. The molecule has 0 atom stereocenters. The zero-order chi connectivity index (χ0) is 23.2. The predicted molar refractivity (Wildman–Crippen MR) is 126 cm³/mol. The summed E-state index contributed by atoms with van der Waals surface area (Å²) in [6, 6.07) is 12.8. The quantitative estimate of drug-likeness (QED) is 0.324. The minimum Gasteiger partial charge on any atom is -0.218 e. The number of rotatable bonds is 5. The van der Waals surface area contributed by atoms with Crippen molar-refractivity contribution in [1.29, 1.82) is 0 Å². The van der Waals surface area contributed by atoms with Crippen molar-refractivity contribution in [2.45, 2.75) is 24.5 Å². The van der Waals surface area contributed by atoms with Crippen molar-refractivity contribution >= 4 is 87.2 Å². The van der Waals surface area contributed by atoms with E-state index in [1.807, 2.05) is 0 Å². The molecule has 6 nitrogen and oxygen atoms in total. The fourth-order valence-electron chi connectivity index (χ4n) is 2.68. The van der Waals surface area contributed by atoms with Gasteiger partial charge in [-0.15, -0.1) is 0 Å². The second-order valence-electron chi connectivity index (χ2n) is 6.06. The molecule has 0 spiro atoms. The molecule has 0 saturated heterocycles. The van der Waals surface area contributed by atoms with Crippen molar-refractivity contribution < 1.29 is 25.3 Å². The highest BCUT2D eigenvalue weighted by molar-refractivity contribution is 9.11. The van der Waals surface area contributed by atoms with Gasteiger partial charge < -0.3 is 0 Å². The van der Waals surface area contributed by atoms with Crippen LogP contribution in [0, 0.1) is 0 Å². The Kier molecular flexibility index (Phi) is 7.13. The molecular weight excluding hydrogens is 684 g/mol. The average Bonchev–Trinajstić information content (AvgIpc) is 2.67. The second kappa shape index (κ2) is 8.88. The predicted octanol–water partition coefficient (Wildman–Crippen LogP) is 5.57. The van der Waals surface area contributed by atoms with Crippen molar-refractivity contribution in [1.82, 2.24) is 0 Å². The molecule has 31 heavy (non-hydrogen) atoms. The van der Waals surface area contributed by atoms with E-state index >= 15 is 0 Å². The van der Waals surface area contributed by atoms with Crippen LogP contribution in [-0.2, 0) is 28.7 Å². The highest BCUT2D eigenvalue weighted by atomic mass is 79.9. The second-order valence-corrected chi connectivity index (χ2v) is 15.0. The molecular formula is C18H10Br3ClO6S3. The van der Waals surface area contributed by atoms with Crippen molar-refractivity contribution in [3.63, 3.8) is 0 Å². The zero-order valence-electron chi connectivity index (χ0n) is 15.0. The van der Waals surface area contributed by atoms with Gasteiger partial charge in [0.1, 0.15) is 14.7 Å². The van der Waals surface area contributed by atoms with Crippen LogP contribution in [0.3, 0.4) is 0 Å². The van der Waals surface area contributed by atoms with Crippen molar-refractivity contribution in [3.8, 4) is 0 Å². The Hall–Kier alpha value is -0.760. The van der Waals surface area contributed by atoms with E-state index in [2.05, 4.69) is 47.8 Å². The van der Waals surface area contributed by atoms with Gasteiger partial charge in [-0.1, -0.05) is 31.9 Å². The van der Waals surface area contributed by atoms with Crippen LogP contribution in [-0.4, -0.2) is 25.3 Å². The van der Waals surface area contributed by atoms with Gasteiger partial charge in [-0.3, -0.25) is 0 Å². The highest BCUT2D eigenvalue weighted by Crippen LogP contribution is 2.41. The van der Waals surface area contributed by atoms with Crippen LogP contribution in [0.2, 0.25) is 0 Å². The van der Waals surface area contributed by atoms with Gasteiger partial charge in [-0.2, -0.15) is 0 Å². The molecule has 3 rings (SSSR count). The monoisotopic (exact) mass is 690 g/mol. The number of halogens is 4. The first kappa shape index (κ1) is 24.9. The van der Waals surface area contributed by atoms with Gasteiger partial charge in [0.2, 0.25) is 19.7 Å². The van der Waals surface area contributed by atoms with Crippen LogP contribution in [0.25, 0.3) is 0 Å². The lowest BCUT2D eigenvalue weighted by atomic mass is 10.3. The van der Waals surface area contributed by atoms with Crippen LogP contribution in [0.5, 0.6) is 0 Å². The smallest absolute Gasteiger partial charge is 0.218 e. The molecule has 0 aliphatic rings. The largest absolute Gasteiger partial charge is 0.262 e. The third kappa shape index (κ3) is 4.94. The van der Waals surface area contributed by atoms with E-state index in [1.165, 1.54) is 48.5 Å². The van der Waals surface area contributed by atoms with Gasteiger partial charge in [0.15, 0.2) is 0 Å². The molecule has 0 unspecified atom stereocenters. The third-order valence-electron chi connectivity index (χ3n) is 4.08. The summed E-state index contributed by atoms with van der Waals surface area (Å²) in [4.78, 5) is -3.02. The SMILES string of the molecule is O=S(=O)(Cl)c1ccc(Br)c(S(=O)(=O)c2ccc(Br)cc2)c1S(=O)(=O)c1ccc(Br)cc1. The number of hydrogen-bond donors (Lipinski definition) is 0. The first-order valence-corrected chi connectivity index (χ1v) is 15.7. The Morgan fingerprint density at radius 3 is 1.32 bits per heavy atom. The maximum Gasteiger partial charge on any atom is 0.262 e. The van der Waals surface area contributed by atoms with Gasteiger partial charge in [-0.25, -0.2) is 25.3 Å².